The van der Waals surface area contributed by atoms with E-state index in [-0.39, 0.29) is 23.4 Å². The maximum Gasteiger partial charge on any atom is 0.422 e. The van der Waals surface area contributed by atoms with Crippen LogP contribution in [0.4, 0.5) is 13.2 Å². The van der Waals surface area contributed by atoms with Crippen molar-refractivity contribution in [1.29, 1.82) is 0 Å². The highest BCUT2D eigenvalue weighted by Gasteiger charge is 2.36. The molecule has 1 fully saturated rings. The van der Waals surface area contributed by atoms with Gasteiger partial charge >= 0.3 is 6.18 Å². The summed E-state index contributed by atoms with van der Waals surface area (Å²) in [5.41, 5.74) is 7.20. The summed E-state index contributed by atoms with van der Waals surface area (Å²) in [6, 6.07) is 12.2. The van der Waals surface area contributed by atoms with Crippen LogP contribution < -0.4 is 10.5 Å². The molecule has 138 valence electrons. The Bertz CT molecular complexity index is 768. The smallest absolute Gasteiger partial charge is 0.422 e. The van der Waals surface area contributed by atoms with E-state index in [2.05, 4.69) is 4.98 Å². The largest absolute Gasteiger partial charge is 0.467 e. The monoisotopic (exact) mass is 365 g/mol. The Morgan fingerprint density at radius 3 is 2.62 bits per heavy atom. The Morgan fingerprint density at radius 2 is 1.92 bits per heavy atom. The number of hydrogen-bond donors (Lipinski definition) is 1. The molecule has 26 heavy (non-hydrogen) atoms. The molecule has 2 aromatic rings. The number of nitrogens with two attached hydrogens (primary N) is 1. The van der Waals surface area contributed by atoms with Gasteiger partial charge in [0, 0.05) is 31.2 Å². The Kier molecular flexibility index (Phi) is 5.13. The van der Waals surface area contributed by atoms with Crippen LogP contribution in [0.2, 0.25) is 0 Å². The highest BCUT2D eigenvalue weighted by atomic mass is 19.4. The summed E-state index contributed by atoms with van der Waals surface area (Å²) in [6.45, 7) is -0.805. The lowest BCUT2D eigenvalue weighted by molar-refractivity contribution is -0.154. The Morgan fingerprint density at radius 1 is 1.19 bits per heavy atom. The number of alkyl halides is 3. The van der Waals surface area contributed by atoms with Gasteiger partial charge in [-0.15, -0.1) is 0 Å². The van der Waals surface area contributed by atoms with Crippen molar-refractivity contribution < 1.29 is 22.7 Å². The quantitative estimate of drug-likeness (QED) is 0.904. The number of rotatable bonds is 4. The van der Waals surface area contributed by atoms with Crippen LogP contribution in [0.5, 0.6) is 5.88 Å². The third-order valence-electron chi connectivity index (χ3n) is 4.25. The highest BCUT2D eigenvalue weighted by Crippen LogP contribution is 2.29. The number of hydrogen-bond acceptors (Lipinski definition) is 4. The first-order chi connectivity index (χ1) is 12.3. The molecule has 1 aromatic heterocycles. The Hall–Kier alpha value is -2.61. The number of likely N-dealkylation sites (tertiary alicyclic amines) is 1. The molecule has 0 spiro atoms. The fourth-order valence-corrected chi connectivity index (χ4v) is 3.04. The number of pyridine rings is 1. The predicted octanol–water partition coefficient (Wildman–Crippen LogP) is 2.59. The standard InChI is InChI=1S/C18H18F3N3O2/c19-18(20,21)11-26-16-13(7-4-8-23-16)17(25)24-9-14(15(22)10-24)12-5-2-1-3-6-12/h1-8,14-15H,9-11,22H2/t14-,15+/m0/s1. The fourth-order valence-electron chi connectivity index (χ4n) is 3.04. The van der Waals surface area contributed by atoms with Crippen LogP contribution in [0.1, 0.15) is 21.8 Å². The van der Waals surface area contributed by atoms with Gasteiger partial charge in [-0.25, -0.2) is 4.98 Å². The second-order valence-electron chi connectivity index (χ2n) is 6.15. The van der Waals surface area contributed by atoms with E-state index in [9.17, 15) is 18.0 Å². The van der Waals surface area contributed by atoms with Crippen molar-refractivity contribution in [1.82, 2.24) is 9.88 Å². The molecule has 2 heterocycles. The molecule has 5 nitrogen and oxygen atoms in total. The SMILES string of the molecule is N[C@@H]1CN(C(=O)c2cccnc2OCC(F)(F)F)C[C@H]1c1ccccc1. The van der Waals surface area contributed by atoms with Crippen molar-refractivity contribution in [3.8, 4) is 5.88 Å². The van der Waals surface area contributed by atoms with Gasteiger partial charge < -0.3 is 15.4 Å². The lowest BCUT2D eigenvalue weighted by Gasteiger charge is -2.18. The van der Waals surface area contributed by atoms with Gasteiger partial charge in [-0.1, -0.05) is 30.3 Å². The molecule has 0 radical (unpaired) electrons. The van der Waals surface area contributed by atoms with Gasteiger partial charge in [-0.05, 0) is 17.7 Å². The topological polar surface area (TPSA) is 68.5 Å². The van der Waals surface area contributed by atoms with Crippen LogP contribution in [-0.2, 0) is 0 Å². The molecule has 3 rings (SSSR count). The van der Waals surface area contributed by atoms with Gasteiger partial charge in [0.25, 0.3) is 5.91 Å². The average molecular weight is 365 g/mol. The summed E-state index contributed by atoms with van der Waals surface area (Å²) in [4.78, 5) is 18.1. The average Bonchev–Trinajstić information content (AvgIpc) is 3.01. The third-order valence-corrected chi connectivity index (χ3v) is 4.25. The summed E-state index contributed by atoms with van der Waals surface area (Å²) in [5, 5.41) is 0. The molecular weight excluding hydrogens is 347 g/mol. The third kappa shape index (κ3) is 4.13. The van der Waals surface area contributed by atoms with E-state index < -0.39 is 18.7 Å². The van der Waals surface area contributed by atoms with Crippen molar-refractivity contribution in [3.05, 3.63) is 59.8 Å². The van der Waals surface area contributed by atoms with Crippen LogP contribution in [0.3, 0.4) is 0 Å². The number of aromatic nitrogens is 1. The van der Waals surface area contributed by atoms with Crippen molar-refractivity contribution in [2.45, 2.75) is 18.1 Å². The minimum Gasteiger partial charge on any atom is -0.467 e. The van der Waals surface area contributed by atoms with Crippen molar-refractivity contribution in [3.63, 3.8) is 0 Å². The summed E-state index contributed by atoms with van der Waals surface area (Å²) < 4.78 is 41.9. The predicted molar refractivity (Wildman–Crippen MR) is 88.8 cm³/mol. The molecule has 2 atom stereocenters. The van der Waals surface area contributed by atoms with E-state index in [1.807, 2.05) is 30.3 Å². The summed E-state index contributed by atoms with van der Waals surface area (Å²) in [5.74, 6) is -0.799. The number of ether oxygens (including phenoxy) is 1. The first kappa shape index (κ1) is 18.2. The number of halogens is 3. The summed E-state index contributed by atoms with van der Waals surface area (Å²) in [6.07, 6.45) is -3.22. The van der Waals surface area contributed by atoms with Gasteiger partial charge in [0.15, 0.2) is 6.61 Å². The molecule has 1 aliphatic heterocycles. The van der Waals surface area contributed by atoms with E-state index in [1.165, 1.54) is 23.2 Å². The molecule has 1 aromatic carbocycles. The second kappa shape index (κ2) is 7.33. The maximum atomic E-state index is 12.8. The van der Waals surface area contributed by atoms with Crippen LogP contribution in [0, 0.1) is 0 Å². The Labute approximate surface area is 148 Å². The maximum absolute atomic E-state index is 12.8. The lowest BCUT2D eigenvalue weighted by atomic mass is 9.95. The number of amides is 1. The number of benzene rings is 1. The molecule has 0 saturated carbocycles. The number of carbonyl (C=O) groups is 1. The van der Waals surface area contributed by atoms with Gasteiger partial charge in [-0.3, -0.25) is 4.79 Å². The van der Waals surface area contributed by atoms with Crippen LogP contribution in [0.25, 0.3) is 0 Å². The lowest BCUT2D eigenvalue weighted by Crippen LogP contribution is -2.32. The number of nitrogens with zero attached hydrogens (tertiary/aromatic N) is 2. The highest BCUT2D eigenvalue weighted by molar-refractivity contribution is 5.96. The van der Waals surface area contributed by atoms with Crippen molar-refractivity contribution >= 4 is 5.91 Å². The molecule has 1 aliphatic rings. The zero-order valence-electron chi connectivity index (χ0n) is 13.8. The zero-order chi connectivity index (χ0) is 18.7. The van der Waals surface area contributed by atoms with Gasteiger partial charge in [0.2, 0.25) is 5.88 Å². The van der Waals surface area contributed by atoms with E-state index >= 15 is 0 Å². The van der Waals surface area contributed by atoms with Crippen LogP contribution in [-0.4, -0.2) is 47.7 Å². The van der Waals surface area contributed by atoms with Crippen LogP contribution in [0.15, 0.2) is 48.7 Å². The first-order valence-electron chi connectivity index (χ1n) is 8.09. The fraction of sp³-hybridized carbons (Fsp3) is 0.333. The van der Waals surface area contributed by atoms with E-state index in [0.717, 1.165) is 5.56 Å². The molecule has 1 saturated heterocycles. The minimum absolute atomic E-state index is 0.00217. The van der Waals surface area contributed by atoms with E-state index in [1.54, 1.807) is 0 Å². The van der Waals surface area contributed by atoms with E-state index in [0.29, 0.717) is 13.1 Å². The molecule has 0 bridgehead atoms. The summed E-state index contributed by atoms with van der Waals surface area (Å²) >= 11 is 0. The molecule has 2 N–H and O–H groups in total. The first-order valence-corrected chi connectivity index (χ1v) is 8.09. The van der Waals surface area contributed by atoms with Gasteiger partial charge in [0.05, 0.1) is 0 Å². The minimum atomic E-state index is -4.51. The summed E-state index contributed by atoms with van der Waals surface area (Å²) in [7, 11) is 0. The van der Waals surface area contributed by atoms with Crippen molar-refractivity contribution in [2.24, 2.45) is 5.73 Å². The zero-order valence-corrected chi connectivity index (χ0v) is 13.8. The molecular formula is C18H18F3N3O2. The normalized spacial score (nSPS) is 20.2. The molecule has 8 heteroatoms. The number of carbonyl (C=O) groups excluding carboxylic acids is 1. The van der Waals surface area contributed by atoms with Crippen LogP contribution >= 0.6 is 0 Å². The Balaban J connectivity index is 1.76. The van der Waals surface area contributed by atoms with E-state index in [4.69, 9.17) is 10.5 Å². The van der Waals surface area contributed by atoms with Crippen molar-refractivity contribution in [2.75, 3.05) is 19.7 Å². The molecule has 0 unspecified atom stereocenters. The van der Waals surface area contributed by atoms with Gasteiger partial charge in [-0.2, -0.15) is 13.2 Å². The van der Waals surface area contributed by atoms with Gasteiger partial charge in [0.1, 0.15) is 5.56 Å². The molecule has 0 aliphatic carbocycles. The molecule has 1 amide bonds. The second-order valence-corrected chi connectivity index (χ2v) is 6.15.